The van der Waals surface area contributed by atoms with Crippen LogP contribution in [-0.4, -0.2) is 22.6 Å². The molecule has 0 amide bonds. The summed E-state index contributed by atoms with van der Waals surface area (Å²) in [4.78, 5) is 0. The van der Waals surface area contributed by atoms with E-state index in [2.05, 4.69) is 25.9 Å². The molecule has 1 atom stereocenters. The van der Waals surface area contributed by atoms with Crippen LogP contribution in [0.1, 0.15) is 20.8 Å². The van der Waals surface area contributed by atoms with Crippen molar-refractivity contribution in [3.63, 3.8) is 0 Å². The first-order valence-corrected chi connectivity index (χ1v) is 4.53. The van der Waals surface area contributed by atoms with Crippen molar-refractivity contribution in [3.8, 4) is 0 Å². The quantitative estimate of drug-likeness (QED) is 0.599. The third-order valence-electron chi connectivity index (χ3n) is 1.49. The summed E-state index contributed by atoms with van der Waals surface area (Å²) >= 11 is 1.63. The second-order valence-electron chi connectivity index (χ2n) is 3.74. The molecule has 0 radical (unpaired) electrons. The number of hydrazone groups is 1. The molecule has 64 valence electrons. The fourth-order valence-corrected chi connectivity index (χ4v) is 1.70. The van der Waals surface area contributed by atoms with Crippen LogP contribution in [-0.2, 0) is 0 Å². The molecular formula is C7H15N3S. The molecule has 1 aliphatic heterocycles. The highest BCUT2D eigenvalue weighted by atomic mass is 32.2. The monoisotopic (exact) mass is 173 g/mol. The number of hydrogen-bond acceptors (Lipinski definition) is 4. The van der Waals surface area contributed by atoms with Crippen LogP contribution in [0.3, 0.4) is 0 Å². The first-order valence-electron chi connectivity index (χ1n) is 3.65. The Morgan fingerprint density at radius 3 is 2.27 bits per heavy atom. The molecule has 1 rings (SSSR count). The Morgan fingerprint density at radius 2 is 2.09 bits per heavy atom. The molecule has 1 unspecified atom stereocenters. The highest BCUT2D eigenvalue weighted by molar-refractivity contribution is 8.14. The van der Waals surface area contributed by atoms with Gasteiger partial charge >= 0.3 is 0 Å². The van der Waals surface area contributed by atoms with Crippen molar-refractivity contribution >= 4 is 16.8 Å². The van der Waals surface area contributed by atoms with Crippen LogP contribution in [0.15, 0.2) is 5.10 Å². The number of nitrogens with two attached hydrogens (primary N) is 1. The Hall–Kier alpha value is -0.220. The van der Waals surface area contributed by atoms with Crippen molar-refractivity contribution in [2.75, 3.05) is 7.05 Å². The van der Waals surface area contributed by atoms with E-state index in [0.717, 1.165) is 5.04 Å². The van der Waals surface area contributed by atoms with Crippen molar-refractivity contribution in [3.05, 3.63) is 0 Å². The number of hydrogen-bond donors (Lipinski definition) is 1. The van der Waals surface area contributed by atoms with Gasteiger partial charge in [0.25, 0.3) is 0 Å². The molecular weight excluding hydrogens is 158 g/mol. The van der Waals surface area contributed by atoms with Crippen molar-refractivity contribution in [1.29, 1.82) is 0 Å². The number of rotatable bonds is 0. The topological polar surface area (TPSA) is 41.6 Å². The summed E-state index contributed by atoms with van der Waals surface area (Å²) in [6.07, 6.45) is 0. The van der Waals surface area contributed by atoms with Crippen molar-refractivity contribution in [1.82, 2.24) is 5.01 Å². The molecule has 0 aromatic heterocycles. The van der Waals surface area contributed by atoms with Crippen LogP contribution in [0.4, 0.5) is 0 Å². The van der Waals surface area contributed by atoms with Gasteiger partial charge in [-0.25, -0.2) is 0 Å². The van der Waals surface area contributed by atoms with Gasteiger partial charge in [0.05, 0.1) is 0 Å². The Kier molecular flexibility index (Phi) is 2.16. The molecule has 0 aliphatic carbocycles. The molecule has 0 aromatic carbocycles. The zero-order valence-corrected chi connectivity index (χ0v) is 8.27. The summed E-state index contributed by atoms with van der Waals surface area (Å²) in [5, 5.41) is 7.24. The Balaban J connectivity index is 2.71. The molecule has 1 aliphatic rings. The molecule has 0 saturated carbocycles. The first-order chi connectivity index (χ1) is 4.91. The fraction of sp³-hybridized carbons (Fsp3) is 0.857. The smallest absolute Gasteiger partial charge is 0.147 e. The van der Waals surface area contributed by atoms with Crippen molar-refractivity contribution < 1.29 is 0 Å². The van der Waals surface area contributed by atoms with Crippen LogP contribution < -0.4 is 5.73 Å². The second-order valence-corrected chi connectivity index (χ2v) is 4.84. The van der Waals surface area contributed by atoms with Gasteiger partial charge in [0.2, 0.25) is 0 Å². The average Bonchev–Trinajstić information content (AvgIpc) is 2.11. The van der Waals surface area contributed by atoms with E-state index in [1.807, 2.05) is 7.05 Å². The Labute approximate surface area is 72.0 Å². The molecule has 1 heterocycles. The maximum absolute atomic E-state index is 5.74. The van der Waals surface area contributed by atoms with Gasteiger partial charge in [-0.05, 0) is 0 Å². The standard InChI is InChI=1S/C7H15N3S/c1-7(2,3)5-9-10(4)6(8)11-5/h6H,8H2,1-4H3. The molecule has 2 N–H and O–H groups in total. The third-order valence-corrected chi connectivity index (χ3v) is 2.95. The minimum Gasteiger partial charge on any atom is -0.301 e. The summed E-state index contributed by atoms with van der Waals surface area (Å²) in [6, 6.07) is 0. The van der Waals surface area contributed by atoms with Crippen LogP contribution in [0.25, 0.3) is 0 Å². The maximum atomic E-state index is 5.74. The average molecular weight is 173 g/mol. The predicted octanol–water partition coefficient (Wildman–Crippen LogP) is 1.27. The maximum Gasteiger partial charge on any atom is 0.147 e. The zero-order valence-electron chi connectivity index (χ0n) is 7.46. The Morgan fingerprint density at radius 1 is 1.55 bits per heavy atom. The normalized spacial score (nSPS) is 25.7. The molecule has 0 fully saturated rings. The summed E-state index contributed by atoms with van der Waals surface area (Å²) in [7, 11) is 1.90. The van der Waals surface area contributed by atoms with Gasteiger partial charge in [0, 0.05) is 12.5 Å². The van der Waals surface area contributed by atoms with E-state index >= 15 is 0 Å². The van der Waals surface area contributed by atoms with Gasteiger partial charge in [-0.15, -0.1) is 0 Å². The summed E-state index contributed by atoms with van der Waals surface area (Å²) in [5.41, 5.74) is 5.88. The predicted molar refractivity (Wildman–Crippen MR) is 50.2 cm³/mol. The lowest BCUT2D eigenvalue weighted by Gasteiger charge is -2.16. The van der Waals surface area contributed by atoms with E-state index in [4.69, 9.17) is 5.73 Å². The van der Waals surface area contributed by atoms with Crippen LogP contribution >= 0.6 is 11.8 Å². The fourth-order valence-electron chi connectivity index (χ4n) is 0.741. The van der Waals surface area contributed by atoms with E-state index in [-0.39, 0.29) is 10.9 Å². The molecule has 4 heteroatoms. The van der Waals surface area contributed by atoms with Crippen molar-refractivity contribution in [2.45, 2.75) is 26.3 Å². The SMILES string of the molecule is CN1N=C(C(C)(C)C)SC1N. The molecule has 0 aromatic rings. The highest BCUT2D eigenvalue weighted by Gasteiger charge is 2.29. The molecule has 11 heavy (non-hydrogen) atoms. The summed E-state index contributed by atoms with van der Waals surface area (Å²) in [6.45, 7) is 6.43. The number of thioether (sulfide) groups is 1. The first kappa shape index (κ1) is 8.87. The highest BCUT2D eigenvalue weighted by Crippen LogP contribution is 2.31. The Bertz CT molecular complexity index is 183. The third kappa shape index (κ3) is 1.87. The number of nitrogens with zero attached hydrogens (tertiary/aromatic N) is 2. The van der Waals surface area contributed by atoms with Gasteiger partial charge in [-0.1, -0.05) is 32.5 Å². The minimum absolute atomic E-state index is 0.00391. The second kappa shape index (κ2) is 2.68. The van der Waals surface area contributed by atoms with E-state index in [0.29, 0.717) is 0 Å². The lowest BCUT2D eigenvalue weighted by Crippen LogP contribution is -2.28. The van der Waals surface area contributed by atoms with Crippen molar-refractivity contribution in [2.24, 2.45) is 16.3 Å². The van der Waals surface area contributed by atoms with Gasteiger partial charge in [0.15, 0.2) is 0 Å². The van der Waals surface area contributed by atoms with E-state index < -0.39 is 0 Å². The van der Waals surface area contributed by atoms with Gasteiger partial charge in [-0.2, -0.15) is 5.10 Å². The summed E-state index contributed by atoms with van der Waals surface area (Å²) in [5.74, 6) is 0. The summed E-state index contributed by atoms with van der Waals surface area (Å²) < 4.78 is 0. The lowest BCUT2D eigenvalue weighted by molar-refractivity contribution is 0.344. The molecule has 0 spiro atoms. The zero-order chi connectivity index (χ0) is 8.65. The molecule has 3 nitrogen and oxygen atoms in total. The van der Waals surface area contributed by atoms with Gasteiger partial charge in [0.1, 0.15) is 10.5 Å². The van der Waals surface area contributed by atoms with Crippen LogP contribution in [0, 0.1) is 5.41 Å². The largest absolute Gasteiger partial charge is 0.301 e. The van der Waals surface area contributed by atoms with E-state index in [9.17, 15) is 0 Å². The van der Waals surface area contributed by atoms with E-state index in [1.54, 1.807) is 16.8 Å². The van der Waals surface area contributed by atoms with E-state index in [1.165, 1.54) is 0 Å². The van der Waals surface area contributed by atoms with Crippen LogP contribution in [0.2, 0.25) is 0 Å². The van der Waals surface area contributed by atoms with Gasteiger partial charge < -0.3 is 5.73 Å². The molecule has 0 bridgehead atoms. The minimum atomic E-state index is 0.00391. The molecule has 0 saturated heterocycles. The van der Waals surface area contributed by atoms with Crippen LogP contribution in [0.5, 0.6) is 0 Å². The van der Waals surface area contributed by atoms with Gasteiger partial charge in [-0.3, -0.25) is 5.01 Å². The lowest BCUT2D eigenvalue weighted by atomic mass is 9.99.